The molecule has 1 amide bonds. The molecule has 0 saturated carbocycles. The number of rotatable bonds is 15. The molecule has 1 heterocycles. The smallest absolute Gasteiger partial charge is 0.381 e. The number of likely N-dealkylation sites (N-methyl/N-ethyl adjacent to an activating group) is 1. The largest absolute Gasteiger partial charge is 0.497 e. The maximum atomic E-state index is 12.1. The Morgan fingerprint density at radius 3 is 2.45 bits per heavy atom. The van der Waals surface area contributed by atoms with E-state index in [0.29, 0.717) is 13.0 Å². The van der Waals surface area contributed by atoms with E-state index >= 15 is 0 Å². The van der Waals surface area contributed by atoms with Crippen molar-refractivity contribution >= 4 is 17.8 Å². The van der Waals surface area contributed by atoms with Gasteiger partial charge in [-0.3, -0.25) is 9.36 Å². The minimum absolute atomic E-state index is 0.0103. The maximum absolute atomic E-state index is 12.1. The van der Waals surface area contributed by atoms with E-state index in [9.17, 15) is 14.9 Å². The lowest BCUT2D eigenvalue weighted by molar-refractivity contribution is -0.389. The summed E-state index contributed by atoms with van der Waals surface area (Å²) in [6.45, 7) is 2.54. The lowest BCUT2D eigenvalue weighted by Gasteiger charge is -2.17. The monoisotopic (exact) mass is 521 g/mol. The third-order valence-corrected chi connectivity index (χ3v) is 6.04. The maximum Gasteiger partial charge on any atom is 0.381 e. The topological polar surface area (TPSA) is 112 Å². The van der Waals surface area contributed by atoms with E-state index in [4.69, 9.17) is 9.47 Å². The van der Waals surface area contributed by atoms with Crippen LogP contribution in [0.25, 0.3) is 11.8 Å². The Balaban J connectivity index is 1.29. The Hall–Kier alpha value is -4.18. The van der Waals surface area contributed by atoms with E-state index in [-0.39, 0.29) is 11.7 Å². The van der Waals surface area contributed by atoms with E-state index in [1.807, 2.05) is 54.6 Å². The van der Waals surface area contributed by atoms with Crippen molar-refractivity contribution in [2.75, 3.05) is 40.9 Å². The third-order valence-electron chi connectivity index (χ3n) is 6.04. The molecule has 1 aromatic heterocycles. The van der Waals surface area contributed by atoms with Crippen LogP contribution in [0.15, 0.2) is 61.1 Å². The zero-order valence-corrected chi connectivity index (χ0v) is 22.1. The molecule has 0 bridgehead atoms. The quantitative estimate of drug-likeness (QED) is 0.181. The summed E-state index contributed by atoms with van der Waals surface area (Å²) in [4.78, 5) is 28.4. The van der Waals surface area contributed by atoms with Crippen LogP contribution in [0.1, 0.15) is 30.4 Å². The number of benzene rings is 2. The number of nitro groups is 1. The van der Waals surface area contributed by atoms with Gasteiger partial charge in [-0.1, -0.05) is 24.3 Å². The standard InChI is InChI=1S/C28H35N5O5/c1-31(16-13-23-17-25(37-2)19-26(18-23)38-3)15-5-4-14-29-28(34)8-6-7-22-9-11-24(12-10-22)32-20-27(30-21-32)33(35)36/h6-7,9-12,17-21H,4-5,8,13-16H2,1-3H3,(H,29,34)/b7-6+. The zero-order chi connectivity index (χ0) is 27.3. The average molecular weight is 522 g/mol. The van der Waals surface area contributed by atoms with E-state index in [1.54, 1.807) is 18.8 Å². The lowest BCUT2D eigenvalue weighted by atomic mass is 10.1. The second-order valence-electron chi connectivity index (χ2n) is 8.93. The van der Waals surface area contributed by atoms with Crippen LogP contribution in [0.5, 0.6) is 11.5 Å². The number of carbonyl (C=O) groups excluding carboxylic acids is 1. The highest BCUT2D eigenvalue weighted by Gasteiger charge is 2.10. The molecular formula is C28H35N5O5. The molecule has 0 saturated heterocycles. The first-order valence-corrected chi connectivity index (χ1v) is 12.5. The molecule has 3 rings (SSSR count). The highest BCUT2D eigenvalue weighted by atomic mass is 16.6. The highest BCUT2D eigenvalue weighted by Crippen LogP contribution is 2.23. The van der Waals surface area contributed by atoms with Crippen molar-refractivity contribution in [3.63, 3.8) is 0 Å². The summed E-state index contributed by atoms with van der Waals surface area (Å²) in [6, 6.07) is 13.4. The fourth-order valence-corrected chi connectivity index (χ4v) is 3.86. The summed E-state index contributed by atoms with van der Waals surface area (Å²) >= 11 is 0. The molecular weight excluding hydrogens is 486 g/mol. The molecule has 10 nitrogen and oxygen atoms in total. The Kier molecular flexibility index (Phi) is 10.9. The van der Waals surface area contributed by atoms with Gasteiger partial charge in [0.15, 0.2) is 0 Å². The minimum atomic E-state index is -0.527. The molecule has 0 aliphatic carbocycles. The van der Waals surface area contributed by atoms with Gasteiger partial charge in [0.2, 0.25) is 12.2 Å². The van der Waals surface area contributed by atoms with Crippen molar-refractivity contribution in [1.82, 2.24) is 19.8 Å². The Morgan fingerprint density at radius 2 is 1.82 bits per heavy atom. The highest BCUT2D eigenvalue weighted by molar-refractivity contribution is 5.78. The van der Waals surface area contributed by atoms with Crippen LogP contribution < -0.4 is 14.8 Å². The predicted octanol–water partition coefficient (Wildman–Crippen LogP) is 4.27. The first-order valence-electron chi connectivity index (χ1n) is 12.5. The zero-order valence-electron chi connectivity index (χ0n) is 22.1. The molecule has 3 aromatic rings. The van der Waals surface area contributed by atoms with Gasteiger partial charge in [-0.05, 0) is 78.2 Å². The SMILES string of the molecule is COc1cc(CCN(C)CCCCNC(=O)C/C=C/c2ccc(-n3cnc([N+](=O)[O-])c3)cc2)cc(OC)c1. The molecule has 0 fully saturated rings. The van der Waals surface area contributed by atoms with E-state index < -0.39 is 4.92 Å². The van der Waals surface area contributed by atoms with Gasteiger partial charge in [-0.2, -0.15) is 0 Å². The van der Waals surface area contributed by atoms with Gasteiger partial charge in [0, 0.05) is 31.3 Å². The lowest BCUT2D eigenvalue weighted by Crippen LogP contribution is -2.26. The van der Waals surface area contributed by atoms with Crippen LogP contribution >= 0.6 is 0 Å². The molecule has 38 heavy (non-hydrogen) atoms. The van der Waals surface area contributed by atoms with Crippen LogP contribution in [-0.2, 0) is 11.2 Å². The fraction of sp³-hybridized carbons (Fsp3) is 0.357. The van der Waals surface area contributed by atoms with Crippen molar-refractivity contribution in [1.29, 1.82) is 0 Å². The van der Waals surface area contributed by atoms with Gasteiger partial charge >= 0.3 is 5.82 Å². The van der Waals surface area contributed by atoms with Gasteiger partial charge in [-0.15, -0.1) is 0 Å². The summed E-state index contributed by atoms with van der Waals surface area (Å²) in [5.74, 6) is 1.39. The number of amides is 1. The van der Waals surface area contributed by atoms with Gasteiger partial charge in [0.25, 0.3) is 0 Å². The van der Waals surface area contributed by atoms with Crippen molar-refractivity contribution in [2.24, 2.45) is 0 Å². The Bertz CT molecular complexity index is 1200. The second kappa shape index (κ2) is 14.5. The number of unbranched alkanes of at least 4 members (excludes halogenated alkanes) is 1. The van der Waals surface area contributed by atoms with Crippen LogP contribution in [0.4, 0.5) is 5.82 Å². The second-order valence-corrected chi connectivity index (χ2v) is 8.93. The number of carbonyl (C=O) groups is 1. The van der Waals surface area contributed by atoms with E-state index in [1.165, 1.54) is 18.1 Å². The number of nitrogens with one attached hydrogen (secondary N) is 1. The molecule has 10 heteroatoms. The van der Waals surface area contributed by atoms with Gasteiger partial charge in [0.05, 0.1) is 14.2 Å². The molecule has 0 unspecified atom stereocenters. The Morgan fingerprint density at radius 1 is 1.11 bits per heavy atom. The predicted molar refractivity (Wildman–Crippen MR) is 147 cm³/mol. The van der Waals surface area contributed by atoms with Crippen LogP contribution in [0, 0.1) is 10.1 Å². The molecule has 0 aliphatic heterocycles. The normalized spacial score (nSPS) is 11.2. The molecule has 0 spiro atoms. The Labute approximate surface area is 223 Å². The summed E-state index contributed by atoms with van der Waals surface area (Å²) in [7, 11) is 5.41. The van der Waals surface area contributed by atoms with Crippen LogP contribution in [0.2, 0.25) is 0 Å². The number of ether oxygens (including phenoxy) is 2. The van der Waals surface area contributed by atoms with E-state index in [0.717, 1.165) is 55.1 Å². The first-order chi connectivity index (χ1) is 18.4. The number of hydrogen-bond donors (Lipinski definition) is 1. The first kappa shape index (κ1) is 28.4. The summed E-state index contributed by atoms with van der Waals surface area (Å²) in [5, 5.41) is 13.7. The summed E-state index contributed by atoms with van der Waals surface area (Å²) in [5.41, 5.74) is 2.88. The molecule has 0 atom stereocenters. The van der Waals surface area contributed by atoms with Gasteiger partial charge in [-0.25, -0.2) is 0 Å². The molecule has 202 valence electrons. The molecule has 0 aliphatic rings. The van der Waals surface area contributed by atoms with E-state index in [2.05, 4.69) is 22.2 Å². The number of hydrogen-bond acceptors (Lipinski definition) is 7. The third kappa shape index (κ3) is 9.04. The number of imidazole rings is 1. The number of methoxy groups -OCH3 is 2. The van der Waals surface area contributed by atoms with Crippen LogP contribution in [0.3, 0.4) is 0 Å². The summed E-state index contributed by atoms with van der Waals surface area (Å²) < 4.78 is 12.3. The average Bonchev–Trinajstić information content (AvgIpc) is 3.43. The number of nitrogens with zero attached hydrogens (tertiary/aromatic N) is 4. The van der Waals surface area contributed by atoms with Crippen molar-refractivity contribution in [3.05, 3.63) is 82.3 Å². The van der Waals surface area contributed by atoms with Crippen molar-refractivity contribution < 1.29 is 19.2 Å². The number of aromatic nitrogens is 2. The van der Waals surface area contributed by atoms with Gasteiger partial charge in [0.1, 0.15) is 17.7 Å². The molecule has 2 aromatic carbocycles. The van der Waals surface area contributed by atoms with Crippen molar-refractivity contribution in [3.8, 4) is 17.2 Å². The fourth-order valence-electron chi connectivity index (χ4n) is 3.86. The van der Waals surface area contributed by atoms with Gasteiger partial charge < -0.3 is 29.8 Å². The summed E-state index contributed by atoms with van der Waals surface area (Å²) in [6.07, 6.45) is 9.61. The molecule has 0 radical (unpaired) electrons. The minimum Gasteiger partial charge on any atom is -0.497 e. The molecule has 1 N–H and O–H groups in total. The van der Waals surface area contributed by atoms with Crippen LogP contribution in [-0.4, -0.2) is 66.2 Å². The van der Waals surface area contributed by atoms with Crippen molar-refractivity contribution in [2.45, 2.75) is 25.7 Å².